The van der Waals surface area contributed by atoms with Crippen LogP contribution in [0, 0.1) is 12.7 Å². The Labute approximate surface area is 180 Å². The Kier molecular flexibility index (Phi) is 8.21. The molecule has 0 fully saturated rings. The lowest BCUT2D eigenvalue weighted by Gasteiger charge is -2.36. The second kappa shape index (κ2) is 10.2. The smallest absolute Gasteiger partial charge is 0.150 e. The van der Waals surface area contributed by atoms with E-state index in [4.69, 9.17) is 17.3 Å². The third-order valence-corrected chi connectivity index (χ3v) is 4.83. The first-order chi connectivity index (χ1) is 14.1. The van der Waals surface area contributed by atoms with Gasteiger partial charge in [0.2, 0.25) is 0 Å². The van der Waals surface area contributed by atoms with E-state index in [0.717, 1.165) is 17.4 Å². The number of halogens is 1. The Morgan fingerprint density at radius 3 is 2.50 bits per heavy atom. The van der Waals surface area contributed by atoms with Crippen LogP contribution in [-0.2, 0) is 17.8 Å². The molecule has 0 unspecified atom stereocenters. The number of ether oxygens (including phenoxy) is 2. The van der Waals surface area contributed by atoms with Gasteiger partial charge in [0, 0.05) is 29.7 Å². The first-order valence-corrected chi connectivity index (χ1v) is 10.1. The molecule has 1 N–H and O–H groups in total. The summed E-state index contributed by atoms with van der Waals surface area (Å²) in [6, 6.07) is 10.4. The summed E-state index contributed by atoms with van der Waals surface area (Å²) in [6.45, 7) is 10.5. The zero-order chi connectivity index (χ0) is 22.4. The molecule has 0 amide bonds. The van der Waals surface area contributed by atoms with Crippen molar-refractivity contribution in [1.29, 1.82) is 0 Å². The number of hydrogen-bond donors (Lipinski definition) is 1. The predicted molar refractivity (Wildman–Crippen MR) is 119 cm³/mol. The van der Waals surface area contributed by atoms with Crippen molar-refractivity contribution in [3.8, 4) is 5.75 Å². The number of hydrogen-bond acceptors (Lipinski definition) is 4. The lowest BCUT2D eigenvalue weighted by molar-refractivity contribution is -0.119. The number of benzene rings is 2. The van der Waals surface area contributed by atoms with Crippen molar-refractivity contribution in [3.05, 3.63) is 64.5 Å². The van der Waals surface area contributed by atoms with Crippen molar-refractivity contribution in [2.24, 2.45) is 0 Å². The number of carbonyl (C=O) groups excluding carboxylic acids is 1. The Bertz CT molecular complexity index is 868. The highest BCUT2D eigenvalue weighted by Gasteiger charge is 2.29. The quantitative estimate of drug-likeness (QED) is 0.441. The Morgan fingerprint density at radius 1 is 1.13 bits per heavy atom. The Hall–Kier alpha value is -2.18. The van der Waals surface area contributed by atoms with Crippen molar-refractivity contribution < 1.29 is 18.7 Å². The minimum Gasteiger partial charge on any atom is -0.489 e. The lowest BCUT2D eigenvalue weighted by Crippen LogP contribution is -2.45. The third kappa shape index (κ3) is 6.96. The van der Waals surface area contributed by atoms with Crippen LogP contribution in [0.3, 0.4) is 0 Å². The minimum absolute atomic E-state index is 0.0902. The summed E-state index contributed by atoms with van der Waals surface area (Å²) in [5, 5.41) is 3.09. The first-order valence-electron chi connectivity index (χ1n) is 10.1. The zero-order valence-electron chi connectivity index (χ0n) is 18.5. The normalized spacial score (nSPS) is 12.1. The predicted octanol–water partition coefficient (Wildman–Crippen LogP) is 4.36. The summed E-state index contributed by atoms with van der Waals surface area (Å²) in [5.41, 5.74) is 1.74. The summed E-state index contributed by atoms with van der Waals surface area (Å²) in [5.74, 6) is 0.252. The van der Waals surface area contributed by atoms with Gasteiger partial charge in [-0.05, 0) is 58.8 Å². The van der Waals surface area contributed by atoms with E-state index < -0.39 is 11.2 Å². The molecule has 0 heterocycles. The molecule has 0 aliphatic heterocycles. The van der Waals surface area contributed by atoms with Gasteiger partial charge >= 0.3 is 0 Å². The second-order valence-corrected chi connectivity index (χ2v) is 8.73. The van der Waals surface area contributed by atoms with Gasteiger partial charge in [-0.25, -0.2) is 4.39 Å². The molecule has 0 bridgehead atoms. The monoisotopic (exact) mass is 411 g/mol. The van der Waals surface area contributed by atoms with Gasteiger partial charge in [-0.2, -0.15) is 0 Å². The van der Waals surface area contributed by atoms with Crippen LogP contribution in [0.5, 0.6) is 5.75 Å². The van der Waals surface area contributed by atoms with Crippen LogP contribution in [-0.4, -0.2) is 38.3 Å². The minimum atomic E-state index is -0.476. The van der Waals surface area contributed by atoms with Crippen molar-refractivity contribution in [1.82, 2.24) is 5.32 Å². The van der Waals surface area contributed by atoms with Gasteiger partial charge in [0.15, 0.2) is 0 Å². The van der Waals surface area contributed by atoms with Crippen LogP contribution in [0.2, 0.25) is 0 Å². The summed E-state index contributed by atoms with van der Waals surface area (Å²) >= 11 is 0. The van der Waals surface area contributed by atoms with Gasteiger partial charge in [0.25, 0.3) is 0 Å². The molecular formula is C24H31BFNO3. The molecule has 0 saturated heterocycles. The molecule has 160 valence electrons. The summed E-state index contributed by atoms with van der Waals surface area (Å²) < 4.78 is 26.7. The van der Waals surface area contributed by atoms with E-state index in [1.54, 1.807) is 24.3 Å². The fraction of sp³-hybridized carbons (Fsp3) is 0.458. The summed E-state index contributed by atoms with van der Waals surface area (Å²) in [7, 11) is 5.50. The molecule has 6 heteroatoms. The average Bonchev–Trinajstić information content (AvgIpc) is 2.65. The lowest BCUT2D eigenvalue weighted by atomic mass is 9.95. The molecule has 0 aromatic heterocycles. The topological polar surface area (TPSA) is 47.6 Å². The fourth-order valence-corrected chi connectivity index (χ4v) is 3.57. The molecule has 0 spiro atoms. The maximum atomic E-state index is 14.7. The standard InChI is InChI=1S/C24H31BFNO3/c1-17-19(13-28)7-6-8-22(17)29-14-20-10-9-18(11-21(20)26)12-23(2,3)30-24(4,5)15-27-16-25/h6-11,13,27H,12,14-16H2,1-5H3. The maximum Gasteiger partial charge on any atom is 0.150 e. The van der Waals surface area contributed by atoms with Crippen LogP contribution < -0.4 is 10.1 Å². The maximum absolute atomic E-state index is 14.7. The molecule has 2 aromatic carbocycles. The summed E-state index contributed by atoms with van der Waals surface area (Å²) in [6.07, 6.45) is 1.74. The van der Waals surface area contributed by atoms with Crippen LogP contribution >= 0.6 is 0 Å². The van der Waals surface area contributed by atoms with Gasteiger partial charge in [0.1, 0.15) is 24.5 Å². The molecular weight excluding hydrogens is 380 g/mol. The Balaban J connectivity index is 2.03. The summed E-state index contributed by atoms with van der Waals surface area (Å²) in [4.78, 5) is 11.1. The average molecular weight is 411 g/mol. The van der Waals surface area contributed by atoms with Crippen LogP contribution in [0.15, 0.2) is 36.4 Å². The largest absolute Gasteiger partial charge is 0.489 e. The molecule has 2 radical (unpaired) electrons. The van der Waals surface area contributed by atoms with E-state index in [-0.39, 0.29) is 12.4 Å². The van der Waals surface area contributed by atoms with Crippen LogP contribution in [0.4, 0.5) is 4.39 Å². The van der Waals surface area contributed by atoms with Gasteiger partial charge in [-0.15, -0.1) is 0 Å². The highest BCUT2D eigenvalue weighted by molar-refractivity contribution is 6.08. The molecule has 0 aliphatic rings. The molecule has 0 saturated carbocycles. The zero-order valence-corrected chi connectivity index (χ0v) is 18.5. The number of nitrogens with one attached hydrogen (secondary N) is 1. The third-order valence-electron chi connectivity index (χ3n) is 4.83. The van der Waals surface area contributed by atoms with E-state index >= 15 is 0 Å². The van der Waals surface area contributed by atoms with Gasteiger partial charge in [-0.3, -0.25) is 4.79 Å². The SMILES string of the molecule is [B]CNCC(C)(C)OC(C)(C)Cc1ccc(COc2cccc(C=O)c2C)c(F)c1. The number of rotatable bonds is 11. The van der Waals surface area contributed by atoms with E-state index in [1.807, 2.05) is 40.7 Å². The van der Waals surface area contributed by atoms with Gasteiger partial charge in [-0.1, -0.05) is 24.3 Å². The molecule has 0 aliphatic carbocycles. The van der Waals surface area contributed by atoms with Gasteiger partial charge in [0.05, 0.1) is 19.0 Å². The molecule has 2 aromatic rings. The van der Waals surface area contributed by atoms with Crippen LogP contribution in [0.25, 0.3) is 0 Å². The number of aldehydes is 1. The van der Waals surface area contributed by atoms with E-state index in [1.165, 1.54) is 6.07 Å². The van der Waals surface area contributed by atoms with Crippen molar-refractivity contribution in [2.75, 3.05) is 13.0 Å². The Morgan fingerprint density at radius 2 is 1.87 bits per heavy atom. The fourth-order valence-electron chi connectivity index (χ4n) is 3.57. The van der Waals surface area contributed by atoms with Crippen LogP contribution in [0.1, 0.15) is 54.7 Å². The number of carbonyl (C=O) groups is 1. The molecule has 30 heavy (non-hydrogen) atoms. The van der Waals surface area contributed by atoms with E-state index in [2.05, 4.69) is 5.32 Å². The van der Waals surface area contributed by atoms with E-state index in [9.17, 15) is 9.18 Å². The van der Waals surface area contributed by atoms with Gasteiger partial charge < -0.3 is 14.8 Å². The molecule has 0 atom stereocenters. The van der Waals surface area contributed by atoms with Crippen molar-refractivity contribution >= 4 is 14.1 Å². The highest BCUT2D eigenvalue weighted by atomic mass is 19.1. The van der Waals surface area contributed by atoms with Crippen molar-refractivity contribution in [2.45, 2.75) is 58.8 Å². The molecule has 4 nitrogen and oxygen atoms in total. The highest BCUT2D eigenvalue weighted by Crippen LogP contribution is 2.26. The molecule has 2 rings (SSSR count). The second-order valence-electron chi connectivity index (χ2n) is 8.73. The van der Waals surface area contributed by atoms with E-state index in [0.29, 0.717) is 36.3 Å². The van der Waals surface area contributed by atoms with Crippen molar-refractivity contribution in [3.63, 3.8) is 0 Å². The first kappa shape index (κ1) is 24.1.